The zero-order valence-corrected chi connectivity index (χ0v) is 19.1. The van der Waals surface area contributed by atoms with Crippen molar-refractivity contribution in [3.63, 3.8) is 0 Å². The van der Waals surface area contributed by atoms with Crippen LogP contribution in [0.15, 0.2) is 11.6 Å². The number of hydrogen-bond acceptors (Lipinski definition) is 8. The summed E-state index contributed by atoms with van der Waals surface area (Å²) in [5, 5.41) is 28.3. The predicted molar refractivity (Wildman–Crippen MR) is 114 cm³/mol. The van der Waals surface area contributed by atoms with Crippen molar-refractivity contribution in [1.82, 2.24) is 16.0 Å². The first kappa shape index (κ1) is 27.0. The fourth-order valence-corrected chi connectivity index (χ4v) is 3.89. The van der Waals surface area contributed by atoms with Crippen molar-refractivity contribution in [2.45, 2.75) is 63.4 Å². The van der Waals surface area contributed by atoms with Crippen molar-refractivity contribution in [2.24, 2.45) is 11.7 Å². The van der Waals surface area contributed by atoms with Crippen LogP contribution in [0.1, 0.15) is 33.1 Å². The van der Waals surface area contributed by atoms with Gasteiger partial charge in [-0.25, -0.2) is 8.42 Å². The highest BCUT2D eigenvalue weighted by atomic mass is 32.2. The lowest BCUT2D eigenvalue weighted by Gasteiger charge is -2.32. The number of hydrogen-bond donors (Lipinski definition) is 6. The molecule has 0 saturated carbocycles. The molecule has 1 rings (SSSR count). The SMILES string of the molecule is CNC(CC(C)C)C(=O)NC1C=C(C(=O)NC(CCS(C)(=O)=O)C(N)=O)CC(O)C1O. The summed E-state index contributed by atoms with van der Waals surface area (Å²) in [6.45, 7) is 3.91. The third kappa shape index (κ3) is 8.93. The van der Waals surface area contributed by atoms with E-state index in [0.717, 1.165) is 6.26 Å². The van der Waals surface area contributed by atoms with E-state index in [-0.39, 0.29) is 30.1 Å². The lowest BCUT2D eigenvalue weighted by atomic mass is 9.89. The second kappa shape index (κ2) is 11.6. The second-order valence-corrected chi connectivity index (χ2v) is 10.6. The molecular weight excluding hydrogens is 428 g/mol. The molecule has 5 unspecified atom stereocenters. The molecule has 0 radical (unpaired) electrons. The van der Waals surface area contributed by atoms with E-state index < -0.39 is 57.9 Å². The van der Waals surface area contributed by atoms with Crippen molar-refractivity contribution in [1.29, 1.82) is 0 Å². The van der Waals surface area contributed by atoms with Gasteiger partial charge in [-0.3, -0.25) is 14.4 Å². The van der Waals surface area contributed by atoms with Gasteiger partial charge in [0.1, 0.15) is 22.0 Å². The van der Waals surface area contributed by atoms with Crippen LogP contribution in [0.25, 0.3) is 0 Å². The lowest BCUT2D eigenvalue weighted by Crippen LogP contribution is -2.55. The van der Waals surface area contributed by atoms with Gasteiger partial charge in [0.25, 0.3) is 0 Å². The van der Waals surface area contributed by atoms with Crippen molar-refractivity contribution >= 4 is 27.6 Å². The zero-order chi connectivity index (χ0) is 23.9. The standard InChI is InChI=1S/C19H34N4O7S/c1-10(2)7-14(21-3)19(28)23-13-8-11(9-15(24)16(13)25)18(27)22-12(17(20)26)5-6-31(4,29)30/h8,10,12-16,21,24-25H,5-7,9H2,1-4H3,(H2,20,26)(H,22,27)(H,23,28). The number of sulfone groups is 1. The Hall–Kier alpha value is -2.02. The number of nitrogens with one attached hydrogen (secondary N) is 3. The second-order valence-electron chi connectivity index (χ2n) is 8.31. The summed E-state index contributed by atoms with van der Waals surface area (Å²) >= 11 is 0. The minimum absolute atomic E-state index is 0.0403. The van der Waals surface area contributed by atoms with Gasteiger partial charge in [0.05, 0.1) is 23.9 Å². The van der Waals surface area contributed by atoms with Crippen LogP contribution in [0, 0.1) is 5.92 Å². The van der Waals surface area contributed by atoms with E-state index in [1.54, 1.807) is 7.05 Å². The van der Waals surface area contributed by atoms with Crippen molar-refractivity contribution < 1.29 is 33.0 Å². The average molecular weight is 463 g/mol. The molecule has 0 aliphatic heterocycles. The topological polar surface area (TPSA) is 188 Å². The predicted octanol–water partition coefficient (Wildman–Crippen LogP) is -2.44. The Morgan fingerprint density at radius 3 is 2.32 bits per heavy atom. The Labute approximate surface area is 182 Å². The van der Waals surface area contributed by atoms with E-state index in [9.17, 15) is 33.0 Å². The molecule has 0 heterocycles. The highest BCUT2D eigenvalue weighted by Crippen LogP contribution is 2.20. The Morgan fingerprint density at radius 1 is 1.23 bits per heavy atom. The van der Waals surface area contributed by atoms with Gasteiger partial charge in [-0.05, 0) is 25.8 Å². The van der Waals surface area contributed by atoms with Crippen LogP contribution in [-0.2, 0) is 24.2 Å². The Balaban J connectivity index is 2.95. The van der Waals surface area contributed by atoms with E-state index >= 15 is 0 Å². The quantitative estimate of drug-likeness (QED) is 0.195. The maximum absolute atomic E-state index is 12.6. The van der Waals surface area contributed by atoms with Crippen LogP contribution in [0.5, 0.6) is 0 Å². The minimum atomic E-state index is -3.37. The van der Waals surface area contributed by atoms with Gasteiger partial charge in [-0.15, -0.1) is 0 Å². The van der Waals surface area contributed by atoms with Gasteiger partial charge in [0, 0.05) is 18.2 Å². The van der Waals surface area contributed by atoms with Crippen LogP contribution in [0.2, 0.25) is 0 Å². The number of carbonyl (C=O) groups excluding carboxylic acids is 3. The normalized spacial score (nSPS) is 23.6. The molecule has 178 valence electrons. The summed E-state index contributed by atoms with van der Waals surface area (Å²) in [7, 11) is -1.74. The molecule has 11 nitrogen and oxygen atoms in total. The van der Waals surface area contributed by atoms with E-state index in [1.807, 2.05) is 13.8 Å². The molecule has 0 aromatic heterocycles. The minimum Gasteiger partial charge on any atom is -0.390 e. The molecule has 31 heavy (non-hydrogen) atoms. The van der Waals surface area contributed by atoms with Crippen molar-refractivity contribution in [3.05, 3.63) is 11.6 Å². The van der Waals surface area contributed by atoms with Gasteiger partial charge >= 0.3 is 0 Å². The van der Waals surface area contributed by atoms with Crippen LogP contribution >= 0.6 is 0 Å². The smallest absolute Gasteiger partial charge is 0.247 e. The van der Waals surface area contributed by atoms with Crippen LogP contribution in [-0.4, -0.2) is 85.7 Å². The number of primary amides is 1. The Morgan fingerprint density at radius 2 is 1.84 bits per heavy atom. The largest absolute Gasteiger partial charge is 0.390 e. The van der Waals surface area contributed by atoms with E-state index in [1.165, 1.54) is 6.08 Å². The summed E-state index contributed by atoms with van der Waals surface area (Å²) < 4.78 is 22.7. The number of aliphatic hydroxyl groups is 2. The number of rotatable bonds is 11. The third-order valence-corrected chi connectivity index (χ3v) is 5.95. The van der Waals surface area contributed by atoms with Gasteiger partial charge in [-0.2, -0.15) is 0 Å². The molecule has 0 saturated heterocycles. The molecule has 0 aromatic rings. The highest BCUT2D eigenvalue weighted by molar-refractivity contribution is 7.90. The maximum atomic E-state index is 12.6. The van der Waals surface area contributed by atoms with Gasteiger partial charge in [0.2, 0.25) is 17.7 Å². The Kier molecular flexibility index (Phi) is 10.1. The van der Waals surface area contributed by atoms with Crippen LogP contribution in [0.3, 0.4) is 0 Å². The van der Waals surface area contributed by atoms with Crippen LogP contribution < -0.4 is 21.7 Å². The van der Waals surface area contributed by atoms with E-state index in [0.29, 0.717) is 6.42 Å². The van der Waals surface area contributed by atoms with E-state index in [4.69, 9.17) is 5.73 Å². The van der Waals surface area contributed by atoms with Gasteiger partial charge in [0.15, 0.2) is 0 Å². The van der Waals surface area contributed by atoms with Crippen LogP contribution in [0.4, 0.5) is 0 Å². The molecule has 0 bridgehead atoms. The first-order valence-corrected chi connectivity index (χ1v) is 12.1. The molecule has 7 N–H and O–H groups in total. The fourth-order valence-electron chi connectivity index (χ4n) is 3.22. The monoisotopic (exact) mass is 462 g/mol. The highest BCUT2D eigenvalue weighted by Gasteiger charge is 2.35. The summed E-state index contributed by atoms with van der Waals surface area (Å²) in [6.07, 6.45) is -0.187. The molecule has 5 atom stereocenters. The van der Waals surface area contributed by atoms with E-state index in [2.05, 4.69) is 16.0 Å². The Bertz CT molecular complexity index is 797. The summed E-state index contributed by atoms with van der Waals surface area (Å²) in [5.41, 5.74) is 5.29. The number of aliphatic hydroxyl groups excluding tert-OH is 2. The summed E-state index contributed by atoms with van der Waals surface area (Å²) in [4.78, 5) is 36.7. The lowest BCUT2D eigenvalue weighted by molar-refractivity contribution is -0.126. The molecule has 3 amide bonds. The summed E-state index contributed by atoms with van der Waals surface area (Å²) in [6, 6.07) is -2.77. The molecule has 1 aliphatic rings. The maximum Gasteiger partial charge on any atom is 0.247 e. The number of likely N-dealkylation sites (N-methyl/N-ethyl adjacent to an activating group) is 1. The zero-order valence-electron chi connectivity index (χ0n) is 18.3. The van der Waals surface area contributed by atoms with Gasteiger partial charge < -0.3 is 31.9 Å². The summed E-state index contributed by atoms with van der Waals surface area (Å²) in [5.74, 6) is -2.14. The number of amides is 3. The molecule has 1 aliphatic carbocycles. The first-order valence-electron chi connectivity index (χ1n) is 10.1. The van der Waals surface area contributed by atoms with Crippen molar-refractivity contribution in [2.75, 3.05) is 19.1 Å². The van der Waals surface area contributed by atoms with Gasteiger partial charge in [-0.1, -0.05) is 19.9 Å². The fraction of sp³-hybridized carbons (Fsp3) is 0.737. The first-order chi connectivity index (χ1) is 14.2. The van der Waals surface area contributed by atoms with Crippen molar-refractivity contribution in [3.8, 4) is 0 Å². The molecule has 12 heteroatoms. The molecular formula is C19H34N4O7S. The molecule has 0 fully saturated rings. The number of nitrogens with two attached hydrogens (primary N) is 1. The third-order valence-electron chi connectivity index (χ3n) is 4.97. The number of carbonyl (C=O) groups is 3. The molecule has 0 aromatic carbocycles. The average Bonchev–Trinajstić information content (AvgIpc) is 2.64. The molecule has 0 spiro atoms.